The van der Waals surface area contributed by atoms with Crippen molar-refractivity contribution in [2.45, 2.75) is 70.6 Å². The zero-order valence-electron chi connectivity index (χ0n) is 15.0. The van der Waals surface area contributed by atoms with Crippen LogP contribution < -0.4 is 0 Å². The third kappa shape index (κ3) is 4.20. The molecule has 2 atom stereocenters. The molecule has 3 rings (SSSR count). The second kappa shape index (κ2) is 6.77. The molecule has 2 aliphatic rings. The van der Waals surface area contributed by atoms with Crippen LogP contribution in [0.3, 0.4) is 0 Å². The molecule has 0 aromatic heterocycles. The first kappa shape index (κ1) is 17.9. The van der Waals surface area contributed by atoms with Crippen LogP contribution in [0, 0.1) is 11.6 Å². The number of ether oxygens (including phenoxy) is 1. The molecule has 1 fully saturated rings. The van der Waals surface area contributed by atoms with E-state index in [-0.39, 0.29) is 18.2 Å². The number of carbonyl (C=O) groups excluding carboxylic acids is 1. The van der Waals surface area contributed by atoms with E-state index >= 15 is 0 Å². The number of rotatable bonds is 2. The highest BCUT2D eigenvalue weighted by atomic mass is 19.1. The minimum absolute atomic E-state index is 0.000796. The molecule has 5 heteroatoms. The van der Waals surface area contributed by atoms with Crippen LogP contribution in [0.5, 0.6) is 0 Å². The fourth-order valence-electron chi connectivity index (χ4n) is 3.76. The molecule has 0 aliphatic carbocycles. The number of nitrogens with zero attached hydrogens (tertiary/aromatic N) is 1. The standard InChI is InChI=1S/C20H25F2NO2/c1-20(2,3)25-19(24)23-16-5-4-6-17(23)11-13(10-16)9-14-7-8-15(21)12-18(14)22/h7-8,10,12,16-17H,4-6,9,11H2,1-3H3. The summed E-state index contributed by atoms with van der Waals surface area (Å²) >= 11 is 0. The Balaban J connectivity index is 1.78. The Hall–Kier alpha value is -1.91. The van der Waals surface area contributed by atoms with Crippen LogP contribution in [0.1, 0.15) is 52.0 Å². The lowest BCUT2D eigenvalue weighted by molar-refractivity contribution is -0.00151. The van der Waals surface area contributed by atoms with Gasteiger partial charge in [-0.2, -0.15) is 0 Å². The van der Waals surface area contributed by atoms with E-state index in [9.17, 15) is 13.6 Å². The second-order valence-corrected chi connectivity index (χ2v) is 7.98. The Bertz CT molecular complexity index is 693. The first-order valence-electron chi connectivity index (χ1n) is 8.88. The van der Waals surface area contributed by atoms with Gasteiger partial charge in [0.05, 0.1) is 6.04 Å². The van der Waals surface area contributed by atoms with Gasteiger partial charge in [-0.1, -0.05) is 17.7 Å². The third-order valence-corrected chi connectivity index (χ3v) is 4.75. The molecule has 1 aromatic carbocycles. The van der Waals surface area contributed by atoms with Gasteiger partial charge >= 0.3 is 6.09 Å². The van der Waals surface area contributed by atoms with Crippen molar-refractivity contribution in [2.24, 2.45) is 0 Å². The van der Waals surface area contributed by atoms with Gasteiger partial charge in [-0.05, 0) is 64.5 Å². The van der Waals surface area contributed by atoms with Crippen LogP contribution in [0.15, 0.2) is 29.8 Å². The summed E-state index contributed by atoms with van der Waals surface area (Å²) in [5.41, 5.74) is 1.09. The summed E-state index contributed by atoms with van der Waals surface area (Å²) in [6.07, 6.45) is 5.87. The van der Waals surface area contributed by atoms with Gasteiger partial charge in [-0.25, -0.2) is 13.6 Å². The van der Waals surface area contributed by atoms with Crippen LogP contribution in [0.4, 0.5) is 13.6 Å². The summed E-state index contributed by atoms with van der Waals surface area (Å²) < 4.78 is 32.6. The minimum Gasteiger partial charge on any atom is -0.444 e. The highest BCUT2D eigenvalue weighted by Gasteiger charge is 2.39. The van der Waals surface area contributed by atoms with Gasteiger partial charge in [0.25, 0.3) is 0 Å². The molecule has 0 radical (unpaired) electrons. The van der Waals surface area contributed by atoms with Crippen molar-refractivity contribution in [3.8, 4) is 0 Å². The molecular formula is C20H25F2NO2. The maximum Gasteiger partial charge on any atom is 0.411 e. The fourth-order valence-corrected chi connectivity index (χ4v) is 3.76. The van der Waals surface area contributed by atoms with Gasteiger partial charge in [0.1, 0.15) is 17.2 Å². The predicted octanol–water partition coefficient (Wildman–Crippen LogP) is 5.00. The average Bonchev–Trinajstić information content (AvgIpc) is 2.47. The van der Waals surface area contributed by atoms with Crippen molar-refractivity contribution < 1.29 is 18.3 Å². The van der Waals surface area contributed by atoms with Crippen molar-refractivity contribution in [3.05, 3.63) is 47.0 Å². The van der Waals surface area contributed by atoms with E-state index in [0.717, 1.165) is 30.9 Å². The van der Waals surface area contributed by atoms with E-state index in [0.29, 0.717) is 18.4 Å². The molecule has 1 saturated heterocycles. The minimum atomic E-state index is -0.563. The van der Waals surface area contributed by atoms with E-state index in [2.05, 4.69) is 6.08 Å². The van der Waals surface area contributed by atoms with Gasteiger partial charge < -0.3 is 4.74 Å². The van der Waals surface area contributed by atoms with Gasteiger partial charge in [0, 0.05) is 12.1 Å². The summed E-state index contributed by atoms with van der Waals surface area (Å²) in [5.74, 6) is -1.08. The van der Waals surface area contributed by atoms with Crippen LogP contribution >= 0.6 is 0 Å². The molecule has 136 valence electrons. The van der Waals surface area contributed by atoms with Crippen LogP contribution in [-0.4, -0.2) is 28.7 Å². The molecule has 3 nitrogen and oxygen atoms in total. The van der Waals surface area contributed by atoms with E-state index in [1.807, 2.05) is 25.7 Å². The van der Waals surface area contributed by atoms with Gasteiger partial charge in [-0.15, -0.1) is 0 Å². The number of halogens is 2. The predicted molar refractivity (Wildman–Crippen MR) is 92.3 cm³/mol. The van der Waals surface area contributed by atoms with E-state index < -0.39 is 17.2 Å². The van der Waals surface area contributed by atoms with Gasteiger partial charge in [0.15, 0.2) is 0 Å². The Morgan fingerprint density at radius 1 is 1.28 bits per heavy atom. The number of amides is 1. The number of benzene rings is 1. The van der Waals surface area contributed by atoms with Crippen molar-refractivity contribution >= 4 is 6.09 Å². The van der Waals surface area contributed by atoms with Crippen molar-refractivity contribution in [2.75, 3.05) is 0 Å². The van der Waals surface area contributed by atoms with Crippen molar-refractivity contribution in [3.63, 3.8) is 0 Å². The first-order chi connectivity index (χ1) is 11.7. The van der Waals surface area contributed by atoms with Crippen LogP contribution in [0.25, 0.3) is 0 Å². The van der Waals surface area contributed by atoms with Crippen LogP contribution in [0.2, 0.25) is 0 Å². The molecule has 1 aromatic rings. The number of piperidine rings is 1. The summed E-state index contributed by atoms with van der Waals surface area (Å²) in [7, 11) is 0. The molecule has 25 heavy (non-hydrogen) atoms. The van der Waals surface area contributed by atoms with Crippen LogP contribution in [-0.2, 0) is 11.2 Å². The zero-order valence-corrected chi connectivity index (χ0v) is 15.0. The van der Waals surface area contributed by atoms with Gasteiger partial charge in [-0.3, -0.25) is 4.90 Å². The average molecular weight is 349 g/mol. The third-order valence-electron chi connectivity index (χ3n) is 4.75. The summed E-state index contributed by atoms with van der Waals surface area (Å²) in [4.78, 5) is 14.4. The molecule has 2 aliphatic heterocycles. The Kier molecular flexibility index (Phi) is 4.85. The Morgan fingerprint density at radius 2 is 2.04 bits per heavy atom. The molecule has 1 amide bonds. The van der Waals surface area contributed by atoms with E-state index in [1.165, 1.54) is 12.1 Å². The lowest BCUT2D eigenvalue weighted by atomic mass is 9.83. The number of hydrogen-bond acceptors (Lipinski definition) is 2. The highest BCUT2D eigenvalue weighted by molar-refractivity contribution is 5.70. The second-order valence-electron chi connectivity index (χ2n) is 7.98. The maximum absolute atomic E-state index is 13.9. The SMILES string of the molecule is CC(C)(C)OC(=O)N1C2C=C(Cc3ccc(F)cc3F)CC1CCC2. The molecule has 2 unspecified atom stereocenters. The van der Waals surface area contributed by atoms with E-state index in [1.54, 1.807) is 0 Å². The fraction of sp³-hybridized carbons (Fsp3) is 0.550. The number of carbonyl (C=O) groups is 1. The number of fused-ring (bicyclic) bond motifs is 2. The summed E-state index contributed by atoms with van der Waals surface area (Å²) in [6, 6.07) is 3.81. The maximum atomic E-state index is 13.9. The lowest BCUT2D eigenvalue weighted by Gasteiger charge is -2.45. The normalized spacial score (nSPS) is 23.2. The first-order valence-corrected chi connectivity index (χ1v) is 8.88. The largest absolute Gasteiger partial charge is 0.444 e. The quantitative estimate of drug-likeness (QED) is 0.704. The Morgan fingerprint density at radius 3 is 2.68 bits per heavy atom. The molecule has 0 N–H and O–H groups in total. The molecule has 2 heterocycles. The molecule has 0 spiro atoms. The van der Waals surface area contributed by atoms with Crippen molar-refractivity contribution in [1.82, 2.24) is 4.90 Å². The summed E-state index contributed by atoms with van der Waals surface area (Å²) in [5, 5.41) is 0. The lowest BCUT2D eigenvalue weighted by Crippen LogP contribution is -2.53. The topological polar surface area (TPSA) is 29.5 Å². The monoisotopic (exact) mass is 349 g/mol. The molecule has 2 bridgehead atoms. The molecule has 0 saturated carbocycles. The Labute approximate surface area is 147 Å². The zero-order chi connectivity index (χ0) is 18.2. The van der Waals surface area contributed by atoms with Gasteiger partial charge in [0.2, 0.25) is 0 Å². The summed E-state index contributed by atoms with van der Waals surface area (Å²) in [6.45, 7) is 5.59. The highest BCUT2D eigenvalue weighted by Crippen LogP contribution is 2.35. The number of hydrogen-bond donors (Lipinski definition) is 0. The molecular weight excluding hydrogens is 324 g/mol. The van der Waals surface area contributed by atoms with E-state index in [4.69, 9.17) is 4.74 Å². The van der Waals surface area contributed by atoms with Crippen molar-refractivity contribution in [1.29, 1.82) is 0 Å². The smallest absolute Gasteiger partial charge is 0.411 e.